The first kappa shape index (κ1) is 29.9. The van der Waals surface area contributed by atoms with Crippen LogP contribution in [0.4, 0.5) is 5.82 Å². The number of aromatic nitrogens is 2. The van der Waals surface area contributed by atoms with Gasteiger partial charge in [-0.3, -0.25) is 0 Å². The maximum Gasteiger partial charge on any atom is 0.154 e. The van der Waals surface area contributed by atoms with Crippen molar-refractivity contribution in [2.75, 3.05) is 25.0 Å². The van der Waals surface area contributed by atoms with Crippen molar-refractivity contribution in [1.82, 2.24) is 14.9 Å². The van der Waals surface area contributed by atoms with Crippen molar-refractivity contribution in [2.24, 2.45) is 0 Å². The van der Waals surface area contributed by atoms with Gasteiger partial charge in [-0.2, -0.15) is 0 Å². The molecule has 1 unspecified atom stereocenters. The Morgan fingerprint density at radius 2 is 1.73 bits per heavy atom. The van der Waals surface area contributed by atoms with Gasteiger partial charge in [-0.1, -0.05) is 70.0 Å². The number of para-hydroxylation sites is 1. The Kier molecular flexibility index (Phi) is 13.5. The molecule has 1 heterocycles. The van der Waals surface area contributed by atoms with Gasteiger partial charge in [-0.25, -0.2) is 9.97 Å². The minimum absolute atomic E-state index is 0. The molecule has 33 heavy (non-hydrogen) atoms. The van der Waals surface area contributed by atoms with Gasteiger partial charge in [0.1, 0.15) is 5.82 Å². The third-order valence-corrected chi connectivity index (χ3v) is 6.56. The van der Waals surface area contributed by atoms with Crippen molar-refractivity contribution in [3.63, 3.8) is 0 Å². The molecule has 0 fully saturated rings. The highest BCUT2D eigenvalue weighted by molar-refractivity contribution is 9.11. The zero-order valence-electron chi connectivity index (χ0n) is 19.2. The van der Waals surface area contributed by atoms with Gasteiger partial charge in [0.25, 0.3) is 0 Å². The van der Waals surface area contributed by atoms with Gasteiger partial charge in [0.2, 0.25) is 0 Å². The summed E-state index contributed by atoms with van der Waals surface area (Å²) in [6.07, 6.45) is 6.28. The maximum atomic E-state index is 4.83. The van der Waals surface area contributed by atoms with Crippen molar-refractivity contribution < 1.29 is 0 Å². The molecule has 1 atom stereocenters. The first-order valence-corrected chi connectivity index (χ1v) is 12.5. The maximum absolute atomic E-state index is 4.83. The summed E-state index contributed by atoms with van der Waals surface area (Å²) in [7, 11) is 0. The molecule has 3 rings (SSSR count). The van der Waals surface area contributed by atoms with E-state index in [1.807, 2.05) is 42.5 Å². The van der Waals surface area contributed by atoms with E-state index < -0.39 is 0 Å². The van der Waals surface area contributed by atoms with Crippen LogP contribution < -0.4 is 5.32 Å². The Balaban J connectivity index is 0.00000272. The SMILES string of the molecule is CCN(CC)CCCC(C)Nc1nc(/C=C/c2ccc(Br)cc2Br)nc2ccccc12.Cl.Cl. The van der Waals surface area contributed by atoms with Crippen molar-refractivity contribution in [1.29, 1.82) is 0 Å². The second-order valence-electron chi connectivity index (χ2n) is 7.66. The summed E-state index contributed by atoms with van der Waals surface area (Å²) in [4.78, 5) is 12.0. The number of benzene rings is 2. The van der Waals surface area contributed by atoms with E-state index in [2.05, 4.69) is 75.0 Å². The van der Waals surface area contributed by atoms with Gasteiger partial charge >= 0.3 is 0 Å². The minimum atomic E-state index is 0. The van der Waals surface area contributed by atoms with Crippen LogP contribution in [0.2, 0.25) is 0 Å². The van der Waals surface area contributed by atoms with Crippen molar-refractivity contribution in [3.8, 4) is 0 Å². The predicted octanol–water partition coefficient (Wildman–Crippen LogP) is 8.09. The summed E-state index contributed by atoms with van der Waals surface area (Å²) in [5, 5.41) is 4.69. The van der Waals surface area contributed by atoms with Crippen molar-refractivity contribution in [2.45, 2.75) is 39.7 Å². The molecule has 0 spiro atoms. The molecule has 1 aromatic heterocycles. The lowest BCUT2D eigenvalue weighted by Crippen LogP contribution is -2.25. The molecule has 0 saturated carbocycles. The molecule has 0 amide bonds. The first-order valence-electron chi connectivity index (χ1n) is 10.9. The standard InChI is InChI=1S/C25H30Br2N4.2ClH/c1-4-31(5-2)16-8-9-18(3)28-25-21-10-6-7-11-23(21)29-24(30-25)15-13-19-12-14-20(26)17-22(19)27;;/h6-7,10-15,17-18H,4-5,8-9,16H2,1-3H3,(H,28,29,30);2*1H/b15-13+;;. The summed E-state index contributed by atoms with van der Waals surface area (Å²) >= 11 is 7.11. The van der Waals surface area contributed by atoms with E-state index in [0.29, 0.717) is 11.9 Å². The second kappa shape index (κ2) is 14.9. The van der Waals surface area contributed by atoms with Crippen LogP contribution in [-0.2, 0) is 0 Å². The lowest BCUT2D eigenvalue weighted by atomic mass is 10.1. The highest BCUT2D eigenvalue weighted by Crippen LogP contribution is 2.25. The summed E-state index contributed by atoms with van der Waals surface area (Å²) in [6.45, 7) is 10.0. The molecule has 180 valence electrons. The first-order chi connectivity index (χ1) is 15.0. The summed E-state index contributed by atoms with van der Waals surface area (Å²) in [5.74, 6) is 1.60. The van der Waals surface area contributed by atoms with E-state index in [1.54, 1.807) is 0 Å². The van der Waals surface area contributed by atoms with Crippen LogP contribution in [0.25, 0.3) is 23.1 Å². The highest BCUT2D eigenvalue weighted by Gasteiger charge is 2.10. The fourth-order valence-electron chi connectivity index (χ4n) is 3.55. The van der Waals surface area contributed by atoms with Gasteiger partial charge in [-0.15, -0.1) is 24.8 Å². The monoisotopic (exact) mass is 616 g/mol. The van der Waals surface area contributed by atoms with E-state index in [4.69, 9.17) is 9.97 Å². The molecule has 4 nitrogen and oxygen atoms in total. The van der Waals surface area contributed by atoms with Gasteiger partial charge < -0.3 is 10.2 Å². The van der Waals surface area contributed by atoms with E-state index in [9.17, 15) is 0 Å². The Morgan fingerprint density at radius 3 is 2.42 bits per heavy atom. The molecule has 0 radical (unpaired) electrons. The highest BCUT2D eigenvalue weighted by atomic mass is 79.9. The number of fused-ring (bicyclic) bond motifs is 1. The van der Waals surface area contributed by atoms with Crippen LogP contribution in [0.5, 0.6) is 0 Å². The molecule has 3 aromatic rings. The molecule has 0 aliphatic rings. The lowest BCUT2D eigenvalue weighted by Gasteiger charge is -2.20. The van der Waals surface area contributed by atoms with Gasteiger partial charge in [0, 0.05) is 20.4 Å². The Bertz CT molecular complexity index is 1040. The van der Waals surface area contributed by atoms with Gasteiger partial charge in [0.05, 0.1) is 5.52 Å². The van der Waals surface area contributed by atoms with E-state index in [0.717, 1.165) is 57.3 Å². The molecule has 0 bridgehead atoms. The van der Waals surface area contributed by atoms with Crippen LogP contribution in [0.1, 0.15) is 45.0 Å². The van der Waals surface area contributed by atoms with Crippen LogP contribution in [0.15, 0.2) is 51.4 Å². The number of anilines is 1. The van der Waals surface area contributed by atoms with Crippen LogP contribution in [0, 0.1) is 0 Å². The molecular formula is C25H32Br2Cl2N4. The smallest absolute Gasteiger partial charge is 0.154 e. The molecule has 0 aliphatic heterocycles. The quantitative estimate of drug-likeness (QED) is 0.249. The fourth-order valence-corrected chi connectivity index (χ4v) is 4.73. The topological polar surface area (TPSA) is 41.0 Å². The summed E-state index contributed by atoms with van der Waals surface area (Å²) in [6, 6.07) is 14.6. The molecule has 1 N–H and O–H groups in total. The van der Waals surface area contributed by atoms with Gasteiger partial charge in [-0.05, 0) is 75.3 Å². The third kappa shape index (κ3) is 8.84. The number of halogens is 4. The Hall–Kier alpha value is -1.18. The second-order valence-corrected chi connectivity index (χ2v) is 9.43. The fraction of sp³-hybridized carbons (Fsp3) is 0.360. The summed E-state index contributed by atoms with van der Waals surface area (Å²) < 4.78 is 2.07. The minimum Gasteiger partial charge on any atom is -0.367 e. The number of nitrogens with one attached hydrogen (secondary N) is 1. The normalized spacial score (nSPS) is 11.9. The van der Waals surface area contributed by atoms with E-state index in [1.165, 1.54) is 6.42 Å². The average Bonchev–Trinajstić information content (AvgIpc) is 2.76. The number of hydrogen-bond donors (Lipinski definition) is 1. The van der Waals surface area contributed by atoms with Crippen LogP contribution >= 0.6 is 56.7 Å². The number of hydrogen-bond acceptors (Lipinski definition) is 4. The predicted molar refractivity (Wildman–Crippen MR) is 155 cm³/mol. The molecule has 0 aliphatic carbocycles. The number of nitrogens with zero attached hydrogens (tertiary/aromatic N) is 3. The zero-order valence-corrected chi connectivity index (χ0v) is 24.0. The molecule has 8 heteroatoms. The lowest BCUT2D eigenvalue weighted by molar-refractivity contribution is 0.295. The Labute approximate surface area is 226 Å². The number of rotatable bonds is 10. The largest absolute Gasteiger partial charge is 0.367 e. The van der Waals surface area contributed by atoms with Gasteiger partial charge in [0.15, 0.2) is 5.82 Å². The van der Waals surface area contributed by atoms with Crippen LogP contribution in [0.3, 0.4) is 0 Å². The average molecular weight is 619 g/mol. The molecular weight excluding hydrogens is 587 g/mol. The van der Waals surface area contributed by atoms with Crippen molar-refractivity contribution >= 4 is 85.5 Å². The molecule has 2 aromatic carbocycles. The Morgan fingerprint density at radius 1 is 1.00 bits per heavy atom. The van der Waals surface area contributed by atoms with Crippen LogP contribution in [-0.4, -0.2) is 40.5 Å². The zero-order chi connectivity index (χ0) is 22.2. The molecule has 0 saturated heterocycles. The van der Waals surface area contributed by atoms with Crippen molar-refractivity contribution in [3.05, 3.63) is 62.8 Å². The van der Waals surface area contributed by atoms with E-state index in [-0.39, 0.29) is 24.8 Å². The third-order valence-electron chi connectivity index (χ3n) is 5.38. The van der Waals surface area contributed by atoms with E-state index >= 15 is 0 Å². The summed E-state index contributed by atoms with van der Waals surface area (Å²) in [5.41, 5.74) is 2.03.